The SMILES string of the molecule is [2H]c1c([2H])c(N(c2ccc(-c3ccccc3)cc2)c2ccc(-c3ccc4ccccc4c3-c3ccccc3)cc2)c(-c2ccccc2)c([2H])c1-c1ccccc1. The first kappa shape index (κ1) is 28.7. The summed E-state index contributed by atoms with van der Waals surface area (Å²) >= 11 is 0. The molecule has 0 saturated carbocycles. The lowest BCUT2D eigenvalue weighted by atomic mass is 9.89. The number of hydrogen-bond donors (Lipinski definition) is 0. The van der Waals surface area contributed by atoms with Crippen molar-refractivity contribution < 1.29 is 4.11 Å². The Morgan fingerprint density at radius 3 is 1.38 bits per heavy atom. The molecule has 53 heavy (non-hydrogen) atoms. The molecule has 250 valence electrons. The van der Waals surface area contributed by atoms with Crippen LogP contribution in [0, 0.1) is 0 Å². The predicted molar refractivity (Wildman–Crippen MR) is 226 cm³/mol. The van der Waals surface area contributed by atoms with Crippen molar-refractivity contribution in [2.45, 2.75) is 0 Å². The van der Waals surface area contributed by atoms with Gasteiger partial charge in [-0.15, -0.1) is 0 Å². The van der Waals surface area contributed by atoms with E-state index in [2.05, 4.69) is 121 Å². The Bertz CT molecular complexity index is 2790. The van der Waals surface area contributed by atoms with Gasteiger partial charge in [-0.25, -0.2) is 0 Å². The molecule has 9 rings (SSSR count). The van der Waals surface area contributed by atoms with Crippen molar-refractivity contribution in [3.05, 3.63) is 224 Å². The van der Waals surface area contributed by atoms with Gasteiger partial charge in [-0.2, -0.15) is 0 Å². The first-order valence-electron chi connectivity index (χ1n) is 19.4. The lowest BCUT2D eigenvalue weighted by Crippen LogP contribution is -2.11. The normalized spacial score (nSPS) is 11.8. The molecule has 0 fully saturated rings. The minimum atomic E-state index is 0.0158. The Hall–Kier alpha value is -6.96. The third-order valence-electron chi connectivity index (χ3n) is 9.80. The van der Waals surface area contributed by atoms with E-state index in [0.717, 1.165) is 50.3 Å². The van der Waals surface area contributed by atoms with Gasteiger partial charge < -0.3 is 4.90 Å². The quantitative estimate of drug-likeness (QED) is 0.155. The van der Waals surface area contributed by atoms with Gasteiger partial charge in [-0.1, -0.05) is 188 Å². The minimum Gasteiger partial charge on any atom is -0.310 e. The number of fused-ring (bicyclic) bond motifs is 1. The summed E-state index contributed by atoms with van der Waals surface area (Å²) in [5, 5.41) is 2.38. The number of hydrogen-bond acceptors (Lipinski definition) is 1. The molecule has 0 aliphatic carbocycles. The van der Waals surface area contributed by atoms with Gasteiger partial charge in [0.15, 0.2) is 0 Å². The van der Waals surface area contributed by atoms with Crippen molar-refractivity contribution >= 4 is 27.8 Å². The molecule has 0 saturated heterocycles. The van der Waals surface area contributed by atoms with Crippen LogP contribution in [0.1, 0.15) is 4.11 Å². The van der Waals surface area contributed by atoms with Gasteiger partial charge in [0.2, 0.25) is 0 Å². The second-order valence-corrected chi connectivity index (χ2v) is 13.1. The van der Waals surface area contributed by atoms with Gasteiger partial charge in [0.25, 0.3) is 0 Å². The van der Waals surface area contributed by atoms with Crippen LogP contribution in [0.2, 0.25) is 0 Å². The molecule has 1 nitrogen and oxygen atoms in total. The standard InChI is InChI=1S/C52H37N/c1-5-15-38(16-6-1)40-25-31-46(32-26-40)53(51-36-30-45(39-17-7-2-8-18-39)37-50(51)41-19-9-3-10-20-41)47-33-27-43(28-34-47)49-35-29-42-21-13-14-24-48(42)52(49)44-22-11-4-12-23-44/h1-37H/i30D,36D,37D. The molecule has 0 aliphatic heterocycles. The van der Waals surface area contributed by atoms with Gasteiger partial charge in [-0.05, 0) is 97.2 Å². The van der Waals surface area contributed by atoms with E-state index < -0.39 is 0 Å². The summed E-state index contributed by atoms with van der Waals surface area (Å²) < 4.78 is 28.9. The molecule has 0 atom stereocenters. The van der Waals surface area contributed by atoms with E-state index in [1.807, 2.05) is 89.8 Å². The maximum Gasteiger partial charge on any atom is 0.0645 e. The summed E-state index contributed by atoms with van der Waals surface area (Å²) in [6.07, 6.45) is 0. The Labute approximate surface area is 315 Å². The molecule has 0 spiro atoms. The van der Waals surface area contributed by atoms with Gasteiger partial charge >= 0.3 is 0 Å². The van der Waals surface area contributed by atoms with Crippen molar-refractivity contribution in [1.82, 2.24) is 0 Å². The van der Waals surface area contributed by atoms with Crippen LogP contribution in [0.5, 0.6) is 0 Å². The van der Waals surface area contributed by atoms with Crippen LogP contribution in [-0.2, 0) is 0 Å². The van der Waals surface area contributed by atoms with Crippen LogP contribution in [0.25, 0.3) is 66.4 Å². The third kappa shape index (κ3) is 6.42. The topological polar surface area (TPSA) is 3.24 Å². The Morgan fingerprint density at radius 1 is 0.321 bits per heavy atom. The number of benzene rings is 9. The monoisotopic (exact) mass is 678 g/mol. The van der Waals surface area contributed by atoms with E-state index in [0.29, 0.717) is 16.8 Å². The van der Waals surface area contributed by atoms with Gasteiger partial charge in [0.05, 0.1) is 9.80 Å². The van der Waals surface area contributed by atoms with Crippen LogP contribution in [0.4, 0.5) is 17.1 Å². The van der Waals surface area contributed by atoms with Crippen LogP contribution in [0.15, 0.2) is 224 Å². The molecule has 9 aromatic rings. The van der Waals surface area contributed by atoms with E-state index in [1.54, 1.807) is 0 Å². The molecule has 0 aliphatic rings. The summed E-state index contributed by atoms with van der Waals surface area (Å²) in [7, 11) is 0. The lowest BCUT2D eigenvalue weighted by molar-refractivity contribution is 1.28. The van der Waals surface area contributed by atoms with Gasteiger partial charge in [0, 0.05) is 16.9 Å². The summed E-state index contributed by atoms with van der Waals surface area (Å²) in [5.74, 6) is 0. The average molecular weight is 679 g/mol. The molecule has 9 aromatic carbocycles. The van der Waals surface area contributed by atoms with Crippen LogP contribution >= 0.6 is 0 Å². The second-order valence-electron chi connectivity index (χ2n) is 13.1. The highest BCUT2D eigenvalue weighted by atomic mass is 15.1. The minimum absolute atomic E-state index is 0.0158. The summed E-state index contributed by atoms with van der Waals surface area (Å²) in [5.41, 5.74) is 11.4. The smallest absolute Gasteiger partial charge is 0.0645 e. The van der Waals surface area contributed by atoms with E-state index in [9.17, 15) is 4.11 Å². The number of nitrogens with zero attached hydrogens (tertiary/aromatic N) is 1. The zero-order valence-electron chi connectivity index (χ0n) is 32.1. The highest BCUT2D eigenvalue weighted by Gasteiger charge is 2.19. The average Bonchev–Trinajstić information content (AvgIpc) is 3.27. The van der Waals surface area contributed by atoms with Crippen LogP contribution in [-0.4, -0.2) is 0 Å². The third-order valence-corrected chi connectivity index (χ3v) is 9.80. The highest BCUT2D eigenvalue weighted by Crippen LogP contribution is 2.44. The van der Waals surface area contributed by atoms with Gasteiger partial charge in [-0.3, -0.25) is 0 Å². The summed E-state index contributed by atoms with van der Waals surface area (Å²) in [4.78, 5) is 2.05. The van der Waals surface area contributed by atoms with E-state index in [-0.39, 0.29) is 18.1 Å². The van der Waals surface area contributed by atoms with Crippen LogP contribution < -0.4 is 4.90 Å². The van der Waals surface area contributed by atoms with Crippen molar-refractivity contribution in [3.8, 4) is 55.6 Å². The zero-order chi connectivity index (χ0) is 38.0. The molecule has 0 aromatic heterocycles. The maximum atomic E-state index is 9.75. The maximum absolute atomic E-state index is 9.75. The van der Waals surface area contributed by atoms with E-state index in [4.69, 9.17) is 0 Å². The molecule has 0 unspecified atom stereocenters. The first-order chi connectivity index (χ1) is 27.6. The summed E-state index contributed by atoms with van der Waals surface area (Å²) in [6, 6.07) is 70.2. The van der Waals surface area contributed by atoms with Gasteiger partial charge in [0.1, 0.15) is 0 Å². The first-order valence-corrected chi connectivity index (χ1v) is 17.9. The van der Waals surface area contributed by atoms with Crippen molar-refractivity contribution in [1.29, 1.82) is 0 Å². The Balaban J connectivity index is 1.27. The molecular weight excluding hydrogens is 639 g/mol. The molecule has 0 radical (unpaired) electrons. The summed E-state index contributed by atoms with van der Waals surface area (Å²) in [6.45, 7) is 0. The molecular formula is C52H37N. The van der Waals surface area contributed by atoms with E-state index in [1.165, 1.54) is 16.3 Å². The predicted octanol–water partition coefficient (Wildman–Crippen LogP) is 14.6. The second kappa shape index (κ2) is 14.3. The molecule has 1 heteroatoms. The zero-order valence-corrected chi connectivity index (χ0v) is 29.1. The molecule has 0 bridgehead atoms. The fourth-order valence-corrected chi connectivity index (χ4v) is 7.19. The fourth-order valence-electron chi connectivity index (χ4n) is 7.19. The molecule has 0 heterocycles. The lowest BCUT2D eigenvalue weighted by Gasteiger charge is -2.29. The van der Waals surface area contributed by atoms with E-state index >= 15 is 0 Å². The molecule has 0 N–H and O–H groups in total. The Morgan fingerprint density at radius 2 is 0.774 bits per heavy atom. The van der Waals surface area contributed by atoms with Crippen LogP contribution in [0.3, 0.4) is 0 Å². The Kier molecular flexibility index (Phi) is 7.77. The van der Waals surface area contributed by atoms with Crippen molar-refractivity contribution in [3.63, 3.8) is 0 Å². The molecule has 0 amide bonds. The highest BCUT2D eigenvalue weighted by molar-refractivity contribution is 6.04. The number of anilines is 3. The largest absolute Gasteiger partial charge is 0.310 e. The van der Waals surface area contributed by atoms with Crippen molar-refractivity contribution in [2.75, 3.05) is 4.90 Å². The van der Waals surface area contributed by atoms with Crippen molar-refractivity contribution in [2.24, 2.45) is 0 Å². The fraction of sp³-hybridized carbons (Fsp3) is 0. The number of rotatable bonds is 8.